The maximum Gasteiger partial charge on any atom is 0.306 e. The van der Waals surface area contributed by atoms with E-state index in [4.69, 9.17) is 9.47 Å². The molecule has 0 spiro atoms. The molecular formula is C44H45N9O5S2. The Labute approximate surface area is 354 Å². The fourth-order valence-electron chi connectivity index (χ4n) is 8.44. The zero-order chi connectivity index (χ0) is 41.7. The summed E-state index contributed by atoms with van der Waals surface area (Å²) in [5.41, 5.74) is 8.61. The van der Waals surface area contributed by atoms with Crippen molar-refractivity contribution in [3.63, 3.8) is 0 Å². The number of aliphatic imine (C=N–C) groups is 2. The summed E-state index contributed by atoms with van der Waals surface area (Å²) >= 11 is 3.25. The SMILES string of the molecule is COc1cc2c(cc1Nc1ncnc3sc4c(c13)CC[C@H](C(=O)N(C)C(C)C)C4)C=NC2.COc1cc2c(cc1Nc1ncnc3sc4c(c13)CC[C@H](C(=O)O)C4)C=NC2. The van der Waals surface area contributed by atoms with Crippen molar-refractivity contribution >= 4 is 90.4 Å². The number of nitrogens with zero attached hydrogens (tertiary/aromatic N) is 7. The number of benzene rings is 2. The number of hydrogen-bond donors (Lipinski definition) is 3. The fourth-order valence-corrected chi connectivity index (χ4v) is 11.0. The lowest BCUT2D eigenvalue weighted by atomic mass is 9.86. The van der Waals surface area contributed by atoms with Crippen molar-refractivity contribution in [3.05, 3.63) is 80.1 Å². The molecule has 14 nitrogen and oxygen atoms in total. The third kappa shape index (κ3) is 7.31. The number of ether oxygens (including phenoxy) is 2. The van der Waals surface area contributed by atoms with Gasteiger partial charge in [-0.25, -0.2) is 19.9 Å². The minimum atomic E-state index is -0.725. The Morgan fingerprint density at radius 1 is 0.750 bits per heavy atom. The molecule has 0 fully saturated rings. The van der Waals surface area contributed by atoms with Crippen LogP contribution in [-0.2, 0) is 48.4 Å². The number of amides is 1. The quantitative estimate of drug-likeness (QED) is 0.129. The Morgan fingerprint density at radius 2 is 1.23 bits per heavy atom. The Morgan fingerprint density at radius 3 is 1.70 bits per heavy atom. The summed E-state index contributed by atoms with van der Waals surface area (Å²) in [5.74, 6) is 2.24. The molecular weight excluding hydrogens is 799 g/mol. The number of carboxylic acid groups (broad SMARTS) is 1. The third-order valence-electron chi connectivity index (χ3n) is 11.9. The number of carbonyl (C=O) groups excluding carboxylic acids is 1. The van der Waals surface area contributed by atoms with Crippen molar-refractivity contribution < 1.29 is 24.2 Å². The molecule has 0 saturated heterocycles. The van der Waals surface area contributed by atoms with Crippen LogP contribution in [0.3, 0.4) is 0 Å². The molecule has 6 aromatic rings. The molecule has 10 rings (SSSR count). The van der Waals surface area contributed by atoms with E-state index in [9.17, 15) is 14.7 Å². The van der Waals surface area contributed by atoms with Gasteiger partial charge in [-0.2, -0.15) is 0 Å². The van der Waals surface area contributed by atoms with Gasteiger partial charge in [0.15, 0.2) is 0 Å². The lowest BCUT2D eigenvalue weighted by molar-refractivity contribution is -0.142. The Bertz CT molecular complexity index is 2740. The highest BCUT2D eigenvalue weighted by Crippen LogP contribution is 2.44. The van der Waals surface area contributed by atoms with Crippen LogP contribution in [0.1, 0.15) is 69.8 Å². The van der Waals surface area contributed by atoms with Gasteiger partial charge in [-0.3, -0.25) is 19.6 Å². The monoisotopic (exact) mass is 843 g/mol. The summed E-state index contributed by atoms with van der Waals surface area (Å²) in [4.78, 5) is 57.0. The smallest absolute Gasteiger partial charge is 0.306 e. The van der Waals surface area contributed by atoms with Gasteiger partial charge >= 0.3 is 5.97 Å². The Balaban J connectivity index is 0.000000155. The first kappa shape index (κ1) is 39.5. The second-order valence-corrected chi connectivity index (χ2v) is 17.9. The summed E-state index contributed by atoms with van der Waals surface area (Å²) in [6, 6.07) is 8.34. The van der Waals surface area contributed by atoms with E-state index in [1.807, 2.05) is 42.6 Å². The summed E-state index contributed by atoms with van der Waals surface area (Å²) in [7, 11) is 5.22. The molecule has 6 heterocycles. The van der Waals surface area contributed by atoms with Gasteiger partial charge in [0.1, 0.15) is 45.5 Å². The maximum atomic E-state index is 12.9. The highest BCUT2D eigenvalue weighted by molar-refractivity contribution is 7.19. The van der Waals surface area contributed by atoms with Crippen LogP contribution >= 0.6 is 22.7 Å². The minimum absolute atomic E-state index is 0.0309. The summed E-state index contributed by atoms with van der Waals surface area (Å²) in [6.07, 6.45) is 11.3. The Hall–Kier alpha value is -6.00. The molecule has 60 heavy (non-hydrogen) atoms. The van der Waals surface area contributed by atoms with E-state index in [-0.39, 0.29) is 23.8 Å². The predicted molar refractivity (Wildman–Crippen MR) is 237 cm³/mol. The molecule has 2 atom stereocenters. The van der Waals surface area contributed by atoms with Crippen molar-refractivity contribution in [2.75, 3.05) is 31.9 Å². The normalized spacial score (nSPS) is 17.1. The fraction of sp³-hybridized carbons (Fsp3) is 0.364. The van der Waals surface area contributed by atoms with Gasteiger partial charge in [0, 0.05) is 41.2 Å². The number of fused-ring (bicyclic) bond motifs is 8. The molecule has 16 heteroatoms. The van der Waals surface area contributed by atoms with Crippen molar-refractivity contribution in [2.24, 2.45) is 21.8 Å². The zero-order valence-electron chi connectivity index (χ0n) is 34.0. The van der Waals surface area contributed by atoms with Crippen molar-refractivity contribution in [1.29, 1.82) is 0 Å². The first-order chi connectivity index (χ1) is 29.1. The molecule has 0 bridgehead atoms. The van der Waals surface area contributed by atoms with E-state index in [1.54, 1.807) is 49.5 Å². The molecule has 308 valence electrons. The number of anilines is 4. The van der Waals surface area contributed by atoms with Gasteiger partial charge in [-0.15, -0.1) is 22.7 Å². The van der Waals surface area contributed by atoms with Gasteiger partial charge in [-0.05, 0) is 110 Å². The number of aromatic nitrogens is 4. The van der Waals surface area contributed by atoms with Crippen molar-refractivity contribution in [2.45, 2.75) is 71.5 Å². The van der Waals surface area contributed by atoms with Crippen LogP contribution in [0.4, 0.5) is 23.0 Å². The zero-order valence-corrected chi connectivity index (χ0v) is 35.7. The van der Waals surface area contributed by atoms with Crippen LogP contribution in [-0.4, -0.2) is 81.6 Å². The van der Waals surface area contributed by atoms with E-state index < -0.39 is 5.97 Å². The largest absolute Gasteiger partial charge is 0.495 e. The Kier molecular flexibility index (Phi) is 10.7. The molecule has 4 aromatic heterocycles. The number of carbonyl (C=O) groups is 2. The van der Waals surface area contributed by atoms with Crippen molar-refractivity contribution in [1.82, 2.24) is 24.8 Å². The number of thiophene rings is 2. The third-order valence-corrected chi connectivity index (χ3v) is 14.2. The van der Waals surface area contributed by atoms with E-state index in [1.165, 1.54) is 16.0 Å². The van der Waals surface area contributed by atoms with E-state index >= 15 is 0 Å². The number of carboxylic acids is 1. The summed E-state index contributed by atoms with van der Waals surface area (Å²) in [6.45, 7) is 5.47. The molecule has 3 N–H and O–H groups in total. The average Bonchev–Trinajstić information content (AvgIpc) is 4.07. The van der Waals surface area contributed by atoms with Gasteiger partial charge < -0.3 is 30.1 Å². The van der Waals surface area contributed by atoms with Gasteiger partial charge in [0.25, 0.3) is 0 Å². The van der Waals surface area contributed by atoms with Gasteiger partial charge in [-0.1, -0.05) is 0 Å². The van der Waals surface area contributed by atoms with Crippen LogP contribution in [0.25, 0.3) is 20.4 Å². The molecule has 1 amide bonds. The molecule has 0 radical (unpaired) electrons. The number of nitrogens with one attached hydrogen (secondary N) is 2. The minimum Gasteiger partial charge on any atom is -0.495 e. The van der Waals surface area contributed by atoms with E-state index in [0.29, 0.717) is 25.9 Å². The predicted octanol–water partition coefficient (Wildman–Crippen LogP) is 7.91. The lowest BCUT2D eigenvalue weighted by Crippen LogP contribution is -2.39. The van der Waals surface area contributed by atoms with E-state index in [0.717, 1.165) is 108 Å². The second-order valence-electron chi connectivity index (χ2n) is 15.8. The van der Waals surface area contributed by atoms with Crippen LogP contribution in [0.5, 0.6) is 11.5 Å². The topological polar surface area (TPSA) is 176 Å². The van der Waals surface area contributed by atoms with Crippen molar-refractivity contribution in [3.8, 4) is 11.5 Å². The van der Waals surface area contributed by atoms with Gasteiger partial charge in [0.05, 0.1) is 55.4 Å². The number of aryl methyl sites for hydroxylation is 2. The standard InChI is InChI=1S/C24H27N5O2S.C20H18N4O3S/c1-13(2)29(3)24(30)14-5-6-17-20(9-14)32-23-21(17)22(26-12-27-23)28-18-7-15-10-25-11-16(15)8-19(18)31-4;1-27-15-5-12-8-21-7-11(12)4-14(15)24-18-17-13-3-2-10(20(25)26)6-16(13)28-19(17)23-9-22-18/h7-8,10,12-14H,5-6,9,11H2,1-4H3,(H,26,27,28);4-5,7,9-10H,2-3,6,8H2,1H3,(H,25,26)(H,22,23,24)/t14-;10-/m00/s1. The number of methoxy groups -OCH3 is 2. The average molecular weight is 844 g/mol. The number of rotatable bonds is 9. The maximum absolute atomic E-state index is 12.9. The molecule has 4 aliphatic rings. The second kappa shape index (κ2) is 16.2. The first-order valence-electron chi connectivity index (χ1n) is 20.1. The van der Waals surface area contributed by atoms with Crippen LogP contribution in [0, 0.1) is 11.8 Å². The lowest BCUT2D eigenvalue weighted by Gasteiger charge is -2.29. The highest BCUT2D eigenvalue weighted by atomic mass is 32.1. The summed E-state index contributed by atoms with van der Waals surface area (Å²) < 4.78 is 11.2. The molecule has 0 saturated carbocycles. The number of aliphatic carboxylic acids is 1. The van der Waals surface area contributed by atoms with E-state index in [2.05, 4.69) is 60.5 Å². The van der Waals surface area contributed by atoms with Crippen LogP contribution in [0.15, 0.2) is 46.9 Å². The van der Waals surface area contributed by atoms with Crippen LogP contribution in [0.2, 0.25) is 0 Å². The molecule has 0 unspecified atom stereocenters. The van der Waals surface area contributed by atoms with Crippen LogP contribution < -0.4 is 20.1 Å². The molecule has 2 aliphatic heterocycles. The molecule has 2 aliphatic carbocycles. The number of hydrogen-bond acceptors (Lipinski definition) is 14. The highest BCUT2D eigenvalue weighted by Gasteiger charge is 2.32. The molecule has 2 aromatic carbocycles. The summed E-state index contributed by atoms with van der Waals surface area (Å²) in [5, 5.41) is 18.3. The first-order valence-corrected chi connectivity index (χ1v) is 21.7. The van der Waals surface area contributed by atoms with Gasteiger partial charge in [0.2, 0.25) is 5.91 Å².